The number of H-pyrrole nitrogens is 1. The molecule has 0 saturated heterocycles. The number of nitrogens with one attached hydrogen (secondary N) is 1. The summed E-state index contributed by atoms with van der Waals surface area (Å²) in [6, 6.07) is 23.8. The summed E-state index contributed by atoms with van der Waals surface area (Å²) in [5, 5.41) is 19.7. The zero-order valence-electron chi connectivity index (χ0n) is 18.6. The van der Waals surface area contributed by atoms with Crippen molar-refractivity contribution < 1.29 is 23.0 Å². The Morgan fingerprint density at radius 3 is 2.40 bits per heavy atom. The molecule has 2 aromatic heterocycles. The molecule has 0 unspecified atom stereocenters. The number of fused-ring (bicyclic) bond motifs is 1. The molecular weight excluding hydrogens is 486 g/mol. The summed E-state index contributed by atoms with van der Waals surface area (Å²) in [6.07, 6.45) is 0. The van der Waals surface area contributed by atoms with E-state index < -0.39 is 11.6 Å². The van der Waals surface area contributed by atoms with Gasteiger partial charge in [0.15, 0.2) is 5.01 Å². The van der Waals surface area contributed by atoms with Crippen molar-refractivity contribution in [2.75, 3.05) is 0 Å². The van der Waals surface area contributed by atoms with Crippen LogP contribution in [-0.4, -0.2) is 28.7 Å². The normalized spacial score (nSPS) is 10.5. The van der Waals surface area contributed by atoms with E-state index in [9.17, 15) is 5.11 Å². The van der Waals surface area contributed by atoms with Crippen LogP contribution in [0.5, 0.6) is 17.2 Å². The first kappa shape index (κ1) is 24.3. The molecule has 5 aromatic rings. The van der Waals surface area contributed by atoms with E-state index in [0.717, 1.165) is 27.9 Å². The zero-order chi connectivity index (χ0) is 24.6. The fourth-order valence-electron chi connectivity index (χ4n) is 3.38. The van der Waals surface area contributed by atoms with Crippen molar-refractivity contribution in [1.29, 1.82) is 0 Å². The third-order valence-electron chi connectivity index (χ3n) is 4.99. The average Bonchev–Trinajstić information content (AvgIpc) is 3.52. The highest BCUT2D eigenvalue weighted by Crippen LogP contribution is 2.37. The highest BCUT2D eigenvalue weighted by atomic mass is 32.1. The van der Waals surface area contributed by atoms with Gasteiger partial charge in [-0.2, -0.15) is 8.42 Å². The first-order chi connectivity index (χ1) is 17.1. The summed E-state index contributed by atoms with van der Waals surface area (Å²) in [6.45, 7) is 2.35. The van der Waals surface area contributed by atoms with Crippen molar-refractivity contribution in [3.8, 4) is 28.0 Å². The number of benzene rings is 3. The van der Waals surface area contributed by atoms with Gasteiger partial charge in [-0.25, -0.2) is 0 Å². The third kappa shape index (κ3) is 6.18. The molecule has 0 aliphatic rings. The van der Waals surface area contributed by atoms with Gasteiger partial charge in [0.25, 0.3) is 0 Å². The number of aliphatic hydroxyl groups excluding tert-OH is 1. The Balaban J connectivity index is 0.000000917. The topological polar surface area (TPSA) is 114 Å². The fraction of sp³-hybridized carbons (Fsp3) is 0.120. The van der Waals surface area contributed by atoms with E-state index in [1.165, 1.54) is 16.9 Å². The number of rotatable bonds is 7. The van der Waals surface area contributed by atoms with Gasteiger partial charge in [-0.05, 0) is 36.8 Å². The van der Waals surface area contributed by atoms with Crippen LogP contribution in [0.25, 0.3) is 21.6 Å². The summed E-state index contributed by atoms with van der Waals surface area (Å²) in [4.78, 5) is 3.40. The average molecular weight is 508 g/mol. The van der Waals surface area contributed by atoms with Gasteiger partial charge in [-0.3, -0.25) is 0 Å². The lowest BCUT2D eigenvalue weighted by Crippen LogP contribution is -1.96. The van der Waals surface area contributed by atoms with E-state index in [2.05, 4.69) is 15.2 Å². The molecule has 0 fully saturated rings. The second-order valence-electron chi connectivity index (χ2n) is 7.49. The molecule has 8 nitrogen and oxygen atoms in total. The van der Waals surface area contributed by atoms with Crippen LogP contribution in [0, 0.1) is 6.92 Å². The number of hydrogen-bond acceptors (Lipinski definition) is 8. The van der Waals surface area contributed by atoms with Crippen molar-refractivity contribution in [3.05, 3.63) is 88.9 Å². The Kier molecular flexibility index (Phi) is 7.99. The number of ether oxygens (including phenoxy) is 2. The van der Waals surface area contributed by atoms with Gasteiger partial charge >= 0.3 is 11.6 Å². The number of aromatic amines is 1. The molecule has 35 heavy (non-hydrogen) atoms. The number of hydrogen-bond donors (Lipinski definition) is 2. The van der Waals surface area contributed by atoms with Crippen LogP contribution in [0.1, 0.15) is 16.1 Å². The van der Waals surface area contributed by atoms with Crippen molar-refractivity contribution >= 4 is 33.8 Å². The van der Waals surface area contributed by atoms with Crippen LogP contribution in [0.4, 0.5) is 0 Å². The van der Waals surface area contributed by atoms with Crippen LogP contribution in [-0.2, 0) is 24.8 Å². The van der Waals surface area contributed by atoms with E-state index >= 15 is 0 Å². The van der Waals surface area contributed by atoms with E-state index in [1.807, 2.05) is 79.7 Å². The Labute approximate surface area is 208 Å². The van der Waals surface area contributed by atoms with Gasteiger partial charge in [-0.15, -0.1) is 10.2 Å². The van der Waals surface area contributed by atoms with Crippen LogP contribution >= 0.6 is 11.3 Å². The molecule has 0 saturated carbocycles. The van der Waals surface area contributed by atoms with Crippen molar-refractivity contribution in [2.45, 2.75) is 20.1 Å². The standard InChI is InChI=1S/C25H21N3O3S.O2S/c1-16-7-9-19(10-8-16)31-20-11-18-12-21(25-28-27-23(14-29)32-25)26-24(18)22(13-20)30-15-17-5-3-2-4-6-17;1-3-2/h2-13,26,29H,14-15H2,1H3;. The first-order valence-corrected chi connectivity index (χ1v) is 12.0. The Hall–Kier alpha value is -3.86. The van der Waals surface area contributed by atoms with Crippen molar-refractivity contribution in [1.82, 2.24) is 15.2 Å². The Morgan fingerprint density at radius 1 is 0.971 bits per heavy atom. The summed E-state index contributed by atoms with van der Waals surface area (Å²) >= 11 is 0.600. The molecule has 0 spiro atoms. The minimum absolute atomic E-state index is 0.127. The fourth-order valence-corrected chi connectivity index (χ4v) is 4.05. The molecular formula is C25H21N3O5S2. The van der Waals surface area contributed by atoms with Crippen molar-refractivity contribution in [3.63, 3.8) is 0 Å². The van der Waals surface area contributed by atoms with Gasteiger partial charge in [0.05, 0.1) is 17.8 Å². The minimum atomic E-state index is -0.750. The van der Waals surface area contributed by atoms with Gasteiger partial charge in [0.2, 0.25) is 0 Å². The molecule has 0 bridgehead atoms. The molecule has 0 aliphatic carbocycles. The summed E-state index contributed by atoms with van der Waals surface area (Å²) < 4.78 is 28.9. The number of aliphatic hydroxyl groups is 1. The minimum Gasteiger partial charge on any atom is -0.487 e. The molecule has 2 heterocycles. The van der Waals surface area contributed by atoms with E-state index in [-0.39, 0.29) is 6.61 Å². The molecule has 0 aliphatic heterocycles. The quantitative estimate of drug-likeness (QED) is 0.312. The second kappa shape index (κ2) is 11.5. The largest absolute Gasteiger partial charge is 0.487 e. The van der Waals surface area contributed by atoms with Gasteiger partial charge in [0, 0.05) is 11.5 Å². The lowest BCUT2D eigenvalue weighted by Gasteiger charge is -2.11. The highest BCUT2D eigenvalue weighted by Gasteiger charge is 2.15. The first-order valence-electron chi connectivity index (χ1n) is 10.5. The Bertz CT molecular complexity index is 1440. The van der Waals surface area contributed by atoms with Crippen molar-refractivity contribution in [2.24, 2.45) is 0 Å². The number of aromatic nitrogens is 3. The van der Waals surface area contributed by atoms with Crippen LogP contribution in [0.3, 0.4) is 0 Å². The molecule has 0 radical (unpaired) electrons. The van der Waals surface area contributed by atoms with E-state index in [1.54, 1.807) is 0 Å². The maximum absolute atomic E-state index is 9.31. The SMILES string of the molecule is Cc1ccc(Oc2cc(OCc3ccccc3)c3[nH]c(-c4nnc(CO)s4)cc3c2)cc1.O=S=O. The molecule has 5 rings (SSSR count). The van der Waals surface area contributed by atoms with E-state index in [0.29, 0.717) is 28.1 Å². The maximum Gasteiger partial charge on any atom is 0.335 e. The lowest BCUT2D eigenvalue weighted by molar-refractivity contribution is 0.280. The molecule has 3 aromatic carbocycles. The van der Waals surface area contributed by atoms with Crippen LogP contribution in [0.2, 0.25) is 0 Å². The van der Waals surface area contributed by atoms with Crippen LogP contribution < -0.4 is 9.47 Å². The van der Waals surface area contributed by atoms with Gasteiger partial charge < -0.3 is 19.6 Å². The van der Waals surface area contributed by atoms with E-state index in [4.69, 9.17) is 17.9 Å². The summed E-state index contributed by atoms with van der Waals surface area (Å²) in [5.74, 6) is 2.13. The molecule has 0 amide bonds. The predicted octanol–water partition coefficient (Wildman–Crippen LogP) is 5.19. The van der Waals surface area contributed by atoms with Crippen LogP contribution in [0.15, 0.2) is 72.8 Å². The lowest BCUT2D eigenvalue weighted by atomic mass is 10.2. The number of aryl methyl sites for hydroxylation is 1. The molecule has 2 N–H and O–H groups in total. The maximum atomic E-state index is 9.31. The summed E-state index contributed by atoms with van der Waals surface area (Å²) in [7, 11) is 0. The van der Waals surface area contributed by atoms with Gasteiger partial charge in [0.1, 0.15) is 28.9 Å². The zero-order valence-corrected chi connectivity index (χ0v) is 20.3. The predicted molar refractivity (Wildman–Crippen MR) is 134 cm³/mol. The third-order valence-corrected chi connectivity index (χ3v) is 5.93. The molecule has 10 heteroatoms. The summed E-state index contributed by atoms with van der Waals surface area (Å²) in [5.41, 5.74) is 3.92. The molecule has 0 atom stereocenters. The molecule has 178 valence electrons. The number of nitrogens with zero attached hydrogens (tertiary/aromatic N) is 2. The smallest absolute Gasteiger partial charge is 0.335 e. The monoisotopic (exact) mass is 507 g/mol. The Morgan fingerprint density at radius 2 is 1.71 bits per heavy atom. The van der Waals surface area contributed by atoms with Gasteiger partial charge in [-0.1, -0.05) is 59.4 Å². The second-order valence-corrected chi connectivity index (χ2v) is 8.68. The highest BCUT2D eigenvalue weighted by molar-refractivity contribution is 7.51.